The van der Waals surface area contributed by atoms with Crippen LogP contribution in [0.15, 0.2) is 53.9 Å². The van der Waals surface area contributed by atoms with E-state index in [9.17, 15) is 8.42 Å². The van der Waals surface area contributed by atoms with Crippen molar-refractivity contribution in [3.8, 4) is 0 Å². The smallest absolute Gasteiger partial charge is 0.241 e. The molecule has 32 heavy (non-hydrogen) atoms. The maximum absolute atomic E-state index is 13.0. The Kier molecular flexibility index (Phi) is 7.37. The van der Waals surface area contributed by atoms with E-state index in [0.29, 0.717) is 17.7 Å². The molecule has 0 saturated carbocycles. The molecule has 2 aromatic carbocycles. The second-order valence-electron chi connectivity index (χ2n) is 8.06. The van der Waals surface area contributed by atoms with Crippen molar-refractivity contribution >= 4 is 27.6 Å². The zero-order valence-corrected chi connectivity index (χ0v) is 19.6. The predicted octanol–water partition coefficient (Wildman–Crippen LogP) is 4.44. The minimum Gasteiger partial charge on any atom is -0.352 e. The summed E-state index contributed by atoms with van der Waals surface area (Å²) < 4.78 is 28.9. The van der Waals surface area contributed by atoms with Gasteiger partial charge < -0.3 is 10.7 Å². The number of aromatic nitrogens is 2. The molecular weight excluding hydrogens is 422 g/mol. The lowest BCUT2D eigenvalue weighted by Gasteiger charge is -2.18. The summed E-state index contributed by atoms with van der Waals surface area (Å²) in [6, 6.07) is 9.28. The van der Waals surface area contributed by atoms with Gasteiger partial charge >= 0.3 is 0 Å². The van der Waals surface area contributed by atoms with Crippen LogP contribution in [0.1, 0.15) is 41.2 Å². The number of hydrogen-bond donors (Lipinski definition) is 3. The maximum atomic E-state index is 13.0. The zero-order chi connectivity index (χ0) is 23.3. The summed E-state index contributed by atoms with van der Waals surface area (Å²) in [4.78, 5) is 8.35. The number of anilines is 2. The Labute approximate surface area is 189 Å². The van der Waals surface area contributed by atoms with E-state index in [2.05, 4.69) is 20.0 Å². The first-order valence-electron chi connectivity index (χ1n) is 10.5. The average molecular weight is 452 g/mol. The van der Waals surface area contributed by atoms with Crippen molar-refractivity contribution in [1.82, 2.24) is 14.7 Å². The molecule has 8 heteroatoms. The molecule has 0 aliphatic heterocycles. The molecule has 168 valence electrons. The number of benzene rings is 2. The van der Waals surface area contributed by atoms with E-state index in [1.165, 1.54) is 12.5 Å². The third-order valence-electron chi connectivity index (χ3n) is 5.26. The second-order valence-corrected chi connectivity index (χ2v) is 9.71. The molecule has 0 aliphatic carbocycles. The lowest BCUT2D eigenvalue weighted by Crippen LogP contribution is -2.33. The first kappa shape index (κ1) is 23.6. The first-order chi connectivity index (χ1) is 15.2. The van der Waals surface area contributed by atoms with Gasteiger partial charge in [-0.25, -0.2) is 23.1 Å². The fourth-order valence-corrected chi connectivity index (χ4v) is 5.71. The molecule has 1 aromatic heterocycles. The van der Waals surface area contributed by atoms with Crippen LogP contribution in [-0.2, 0) is 16.4 Å². The molecule has 1 heterocycles. The highest BCUT2D eigenvalue weighted by molar-refractivity contribution is 7.89. The van der Waals surface area contributed by atoms with Crippen molar-refractivity contribution in [2.45, 2.75) is 51.5 Å². The van der Waals surface area contributed by atoms with Gasteiger partial charge in [-0.15, -0.1) is 0 Å². The van der Waals surface area contributed by atoms with Crippen molar-refractivity contribution < 1.29 is 8.42 Å². The van der Waals surface area contributed by atoms with Crippen LogP contribution in [-0.4, -0.2) is 30.6 Å². The summed E-state index contributed by atoms with van der Waals surface area (Å²) in [6.45, 7) is 7.47. The van der Waals surface area contributed by atoms with Crippen LogP contribution in [0.2, 0.25) is 0 Å². The Morgan fingerprint density at radius 2 is 1.75 bits per heavy atom. The molecule has 0 amide bonds. The van der Waals surface area contributed by atoms with E-state index in [-0.39, 0.29) is 6.04 Å². The number of nitrogens with zero attached hydrogens (tertiary/aromatic N) is 2. The third kappa shape index (κ3) is 5.57. The Balaban J connectivity index is 1.73. The Bertz CT molecular complexity index is 1190. The van der Waals surface area contributed by atoms with Crippen molar-refractivity contribution in [1.29, 1.82) is 5.41 Å². The second kappa shape index (κ2) is 10.0. The van der Waals surface area contributed by atoms with Crippen LogP contribution >= 0.6 is 0 Å². The van der Waals surface area contributed by atoms with E-state index in [1.807, 2.05) is 58.0 Å². The number of sulfonamides is 1. The topological polar surface area (TPSA) is 108 Å². The highest BCUT2D eigenvalue weighted by atomic mass is 32.2. The van der Waals surface area contributed by atoms with E-state index >= 15 is 0 Å². The molecule has 0 radical (unpaired) electrons. The van der Waals surface area contributed by atoms with E-state index in [0.717, 1.165) is 39.2 Å². The van der Waals surface area contributed by atoms with Gasteiger partial charge in [0.15, 0.2) is 0 Å². The van der Waals surface area contributed by atoms with Crippen molar-refractivity contribution in [2.24, 2.45) is 0 Å². The average Bonchev–Trinajstić information content (AvgIpc) is 2.71. The maximum Gasteiger partial charge on any atom is 0.241 e. The largest absolute Gasteiger partial charge is 0.352 e. The molecule has 0 spiro atoms. The molecule has 0 saturated heterocycles. The lowest BCUT2D eigenvalue weighted by molar-refractivity contribution is 0.546. The number of nitrogens with one attached hydrogen (secondary N) is 3. The van der Waals surface area contributed by atoms with E-state index in [1.54, 1.807) is 12.4 Å². The molecule has 0 unspecified atom stereocenters. The van der Waals surface area contributed by atoms with Gasteiger partial charge in [-0.05, 0) is 63.3 Å². The number of aryl methyl sites for hydroxylation is 4. The quantitative estimate of drug-likeness (QED) is 0.417. The highest BCUT2D eigenvalue weighted by Crippen LogP contribution is 2.25. The highest BCUT2D eigenvalue weighted by Gasteiger charge is 2.22. The fourth-order valence-electron chi connectivity index (χ4n) is 3.97. The van der Waals surface area contributed by atoms with Gasteiger partial charge in [-0.2, -0.15) is 0 Å². The monoisotopic (exact) mass is 451 g/mol. The van der Waals surface area contributed by atoms with E-state index < -0.39 is 10.0 Å². The zero-order valence-electron chi connectivity index (χ0n) is 18.8. The van der Waals surface area contributed by atoms with Gasteiger partial charge in [-0.3, -0.25) is 0 Å². The standard InChI is InChI=1S/C24H29N5O2S/c1-16-10-17(2)24(18(3)11-16)32(30,31)29-19(4)8-9-20-6-5-7-23(22(20)12-25)28-21-13-26-15-27-14-21/h5-7,10-15,19,25,28-29H,8-9H2,1-4H3/t19-/m0/s1. The summed E-state index contributed by atoms with van der Waals surface area (Å²) in [5.74, 6) is 0. The summed E-state index contributed by atoms with van der Waals surface area (Å²) in [7, 11) is -3.63. The Hall–Kier alpha value is -3.10. The summed E-state index contributed by atoms with van der Waals surface area (Å²) >= 11 is 0. The van der Waals surface area contributed by atoms with Gasteiger partial charge in [0.05, 0.1) is 23.0 Å². The normalized spacial score (nSPS) is 12.4. The molecule has 1 atom stereocenters. The van der Waals surface area contributed by atoms with Crippen LogP contribution in [0.4, 0.5) is 11.4 Å². The van der Waals surface area contributed by atoms with Crippen LogP contribution < -0.4 is 10.0 Å². The number of hydrogen-bond acceptors (Lipinski definition) is 6. The van der Waals surface area contributed by atoms with E-state index in [4.69, 9.17) is 5.41 Å². The molecular formula is C24H29N5O2S. The minimum atomic E-state index is -3.63. The fraction of sp³-hybridized carbons (Fsp3) is 0.292. The van der Waals surface area contributed by atoms with Gasteiger partial charge in [0.1, 0.15) is 6.33 Å². The SMILES string of the molecule is Cc1cc(C)c(S(=O)(=O)N[C@@H](C)CCc2cccc(Nc3cncnc3)c2C=N)c(C)c1. The molecule has 3 N–H and O–H groups in total. The van der Waals surface area contributed by atoms with Crippen molar-refractivity contribution in [3.05, 3.63) is 76.9 Å². The third-order valence-corrected chi connectivity index (χ3v) is 7.15. The summed E-state index contributed by atoms with van der Waals surface area (Å²) in [6.07, 6.45) is 7.33. The van der Waals surface area contributed by atoms with Crippen molar-refractivity contribution in [2.75, 3.05) is 5.32 Å². The van der Waals surface area contributed by atoms with Crippen LogP contribution in [0.25, 0.3) is 0 Å². The summed E-state index contributed by atoms with van der Waals surface area (Å²) in [5.41, 5.74) is 5.78. The molecule has 0 aliphatic rings. The Morgan fingerprint density at radius 1 is 1.09 bits per heavy atom. The molecule has 0 fully saturated rings. The first-order valence-corrected chi connectivity index (χ1v) is 11.9. The molecule has 3 rings (SSSR count). The van der Waals surface area contributed by atoms with Gasteiger partial charge in [-0.1, -0.05) is 29.8 Å². The predicted molar refractivity (Wildman–Crippen MR) is 128 cm³/mol. The van der Waals surface area contributed by atoms with Gasteiger partial charge in [0.2, 0.25) is 10.0 Å². The summed E-state index contributed by atoms with van der Waals surface area (Å²) in [5, 5.41) is 11.1. The van der Waals surface area contributed by atoms with Gasteiger partial charge in [0.25, 0.3) is 0 Å². The van der Waals surface area contributed by atoms with Crippen molar-refractivity contribution in [3.63, 3.8) is 0 Å². The number of rotatable bonds is 9. The van der Waals surface area contributed by atoms with Gasteiger partial charge in [0, 0.05) is 23.5 Å². The van der Waals surface area contributed by atoms with Crippen LogP contribution in [0, 0.1) is 26.2 Å². The molecule has 0 bridgehead atoms. The van der Waals surface area contributed by atoms with Crippen LogP contribution in [0.3, 0.4) is 0 Å². The molecule has 3 aromatic rings. The minimum absolute atomic E-state index is 0.266. The Morgan fingerprint density at radius 3 is 2.38 bits per heavy atom. The van der Waals surface area contributed by atoms with Crippen LogP contribution in [0.5, 0.6) is 0 Å². The molecule has 7 nitrogen and oxygen atoms in total. The lowest BCUT2D eigenvalue weighted by atomic mass is 9.99.